The van der Waals surface area contributed by atoms with Gasteiger partial charge in [-0.05, 0) is 32.9 Å². The van der Waals surface area contributed by atoms with E-state index < -0.39 is 0 Å². The van der Waals surface area contributed by atoms with Gasteiger partial charge in [0.2, 0.25) is 0 Å². The number of hydrogen-bond acceptors (Lipinski definition) is 4. The molecule has 0 atom stereocenters. The van der Waals surface area contributed by atoms with Crippen molar-refractivity contribution >= 4 is 11.6 Å². The lowest BCUT2D eigenvalue weighted by atomic mass is 10.1. The van der Waals surface area contributed by atoms with Crippen molar-refractivity contribution in [2.45, 2.75) is 27.3 Å². The van der Waals surface area contributed by atoms with Crippen molar-refractivity contribution in [2.24, 2.45) is 0 Å². The van der Waals surface area contributed by atoms with Gasteiger partial charge >= 0.3 is 0 Å². The van der Waals surface area contributed by atoms with Crippen molar-refractivity contribution < 1.29 is 4.79 Å². The van der Waals surface area contributed by atoms with Crippen molar-refractivity contribution in [3.8, 4) is 0 Å². The first-order valence-corrected chi connectivity index (χ1v) is 7.00. The van der Waals surface area contributed by atoms with Gasteiger partial charge in [0.25, 0.3) is 5.91 Å². The normalized spacial score (nSPS) is 10.2. The van der Waals surface area contributed by atoms with Crippen molar-refractivity contribution in [2.75, 3.05) is 11.9 Å². The maximum atomic E-state index is 12.3. The summed E-state index contributed by atoms with van der Waals surface area (Å²) in [5.41, 5.74) is 4.15. The van der Waals surface area contributed by atoms with Gasteiger partial charge in [0.1, 0.15) is 0 Å². The Morgan fingerprint density at radius 2 is 2.00 bits per heavy atom. The highest BCUT2D eigenvalue weighted by Crippen LogP contribution is 2.17. The predicted molar refractivity (Wildman–Crippen MR) is 83.3 cm³/mol. The lowest BCUT2D eigenvalue weighted by Crippen LogP contribution is -2.24. The summed E-state index contributed by atoms with van der Waals surface area (Å²) < 4.78 is 0. The van der Waals surface area contributed by atoms with Crippen molar-refractivity contribution in [1.29, 1.82) is 0 Å². The maximum Gasteiger partial charge on any atom is 0.253 e. The van der Waals surface area contributed by atoms with Crippen LogP contribution in [0, 0.1) is 13.8 Å². The summed E-state index contributed by atoms with van der Waals surface area (Å²) >= 11 is 0. The number of benzene rings is 1. The minimum atomic E-state index is -0.114. The number of nitrogens with one attached hydrogen (secondary N) is 2. The Labute approximate surface area is 124 Å². The zero-order valence-electron chi connectivity index (χ0n) is 12.6. The van der Waals surface area contributed by atoms with Gasteiger partial charge < -0.3 is 10.6 Å². The largest absolute Gasteiger partial charge is 0.385 e. The second-order valence-corrected chi connectivity index (χ2v) is 4.91. The number of carbonyl (C=O) groups excluding carboxylic acids is 1. The number of rotatable bonds is 5. The molecule has 0 saturated carbocycles. The molecule has 110 valence electrons. The van der Waals surface area contributed by atoms with Crippen LogP contribution >= 0.6 is 0 Å². The van der Waals surface area contributed by atoms with E-state index in [4.69, 9.17) is 0 Å². The highest BCUT2D eigenvalue weighted by Gasteiger charge is 2.11. The van der Waals surface area contributed by atoms with Crippen LogP contribution in [0.25, 0.3) is 0 Å². The van der Waals surface area contributed by atoms with E-state index in [-0.39, 0.29) is 5.91 Å². The molecule has 0 saturated heterocycles. The van der Waals surface area contributed by atoms with E-state index in [9.17, 15) is 4.79 Å². The molecule has 2 aromatic rings. The van der Waals surface area contributed by atoms with Crippen molar-refractivity contribution in [3.05, 3.63) is 53.1 Å². The average Bonchev–Trinajstić information content (AvgIpc) is 2.48. The fourth-order valence-corrected chi connectivity index (χ4v) is 1.97. The molecule has 0 aliphatic carbocycles. The van der Waals surface area contributed by atoms with Crippen LogP contribution < -0.4 is 10.6 Å². The smallest absolute Gasteiger partial charge is 0.253 e. The molecule has 0 radical (unpaired) electrons. The zero-order valence-corrected chi connectivity index (χ0v) is 12.6. The molecule has 0 unspecified atom stereocenters. The monoisotopic (exact) mass is 284 g/mol. The first-order chi connectivity index (χ1) is 10.1. The molecule has 1 heterocycles. The summed E-state index contributed by atoms with van der Waals surface area (Å²) in [5.74, 6) is -0.114. The standard InChI is InChI=1S/C16H20N4O/c1-4-17-15-6-5-11(2)7-14(15)16(21)20-10-13-9-18-12(3)8-19-13/h5-9,17H,4,10H2,1-3H3,(H,20,21). The van der Waals surface area contributed by atoms with E-state index in [1.54, 1.807) is 12.4 Å². The molecule has 0 bridgehead atoms. The molecule has 21 heavy (non-hydrogen) atoms. The molecule has 1 aromatic heterocycles. The van der Waals surface area contributed by atoms with Crippen LogP contribution in [0.2, 0.25) is 0 Å². The first-order valence-electron chi connectivity index (χ1n) is 7.00. The molecule has 0 fully saturated rings. The van der Waals surface area contributed by atoms with E-state index in [1.165, 1.54) is 0 Å². The highest BCUT2D eigenvalue weighted by molar-refractivity contribution is 5.99. The van der Waals surface area contributed by atoms with Crippen LogP contribution in [0.15, 0.2) is 30.6 Å². The summed E-state index contributed by atoms with van der Waals surface area (Å²) in [6.45, 7) is 6.99. The lowest BCUT2D eigenvalue weighted by molar-refractivity contribution is 0.0951. The molecule has 2 rings (SSSR count). The Balaban J connectivity index is 2.09. The Morgan fingerprint density at radius 1 is 1.19 bits per heavy atom. The summed E-state index contributed by atoms with van der Waals surface area (Å²) in [5, 5.41) is 6.08. The van der Waals surface area contributed by atoms with Gasteiger partial charge in [0.05, 0.1) is 29.7 Å². The number of anilines is 1. The lowest BCUT2D eigenvalue weighted by Gasteiger charge is -2.12. The van der Waals surface area contributed by atoms with Gasteiger partial charge in [-0.2, -0.15) is 0 Å². The first kappa shape index (κ1) is 15.0. The third-order valence-corrected chi connectivity index (χ3v) is 3.05. The topological polar surface area (TPSA) is 66.9 Å². The number of amides is 1. The SMILES string of the molecule is CCNc1ccc(C)cc1C(=O)NCc1cnc(C)cn1. The quantitative estimate of drug-likeness (QED) is 0.885. The minimum Gasteiger partial charge on any atom is -0.385 e. The Kier molecular flexibility index (Phi) is 4.87. The average molecular weight is 284 g/mol. The van der Waals surface area contributed by atoms with Crippen molar-refractivity contribution in [1.82, 2.24) is 15.3 Å². The van der Waals surface area contributed by atoms with Crippen LogP contribution in [0.4, 0.5) is 5.69 Å². The molecule has 2 N–H and O–H groups in total. The number of hydrogen-bond donors (Lipinski definition) is 2. The molecule has 0 spiro atoms. The van der Waals surface area contributed by atoms with Gasteiger partial charge in [0.15, 0.2) is 0 Å². The molecule has 1 aromatic carbocycles. The molecule has 5 heteroatoms. The zero-order chi connectivity index (χ0) is 15.2. The maximum absolute atomic E-state index is 12.3. The van der Waals surface area contributed by atoms with Crippen molar-refractivity contribution in [3.63, 3.8) is 0 Å². The van der Waals surface area contributed by atoms with Crippen LogP contribution in [-0.2, 0) is 6.54 Å². The van der Waals surface area contributed by atoms with Gasteiger partial charge in [-0.15, -0.1) is 0 Å². The third kappa shape index (κ3) is 4.02. The Hall–Kier alpha value is -2.43. The molecule has 0 aliphatic rings. The second-order valence-electron chi connectivity index (χ2n) is 4.91. The highest BCUT2D eigenvalue weighted by atomic mass is 16.1. The van der Waals surface area contributed by atoms with E-state index in [0.29, 0.717) is 12.1 Å². The predicted octanol–water partition coefficient (Wildman–Crippen LogP) is 2.46. The molecule has 5 nitrogen and oxygen atoms in total. The van der Waals surface area contributed by atoms with Gasteiger partial charge in [-0.3, -0.25) is 14.8 Å². The Morgan fingerprint density at radius 3 is 2.67 bits per heavy atom. The van der Waals surface area contributed by atoms with E-state index in [2.05, 4.69) is 20.6 Å². The van der Waals surface area contributed by atoms with Crippen LogP contribution in [-0.4, -0.2) is 22.4 Å². The summed E-state index contributed by atoms with van der Waals surface area (Å²) in [7, 11) is 0. The van der Waals surface area contributed by atoms with Gasteiger partial charge in [-0.25, -0.2) is 0 Å². The van der Waals surface area contributed by atoms with E-state index in [0.717, 1.165) is 29.2 Å². The van der Waals surface area contributed by atoms with Crippen LogP contribution in [0.1, 0.15) is 34.2 Å². The van der Waals surface area contributed by atoms with Gasteiger partial charge in [-0.1, -0.05) is 11.6 Å². The molecular weight excluding hydrogens is 264 g/mol. The number of nitrogens with zero attached hydrogens (tertiary/aromatic N) is 2. The Bertz CT molecular complexity index is 623. The van der Waals surface area contributed by atoms with Crippen LogP contribution in [0.3, 0.4) is 0 Å². The van der Waals surface area contributed by atoms with E-state index in [1.807, 2.05) is 39.0 Å². The fourth-order valence-electron chi connectivity index (χ4n) is 1.97. The summed E-state index contributed by atoms with van der Waals surface area (Å²) in [6.07, 6.45) is 3.37. The summed E-state index contributed by atoms with van der Waals surface area (Å²) in [4.78, 5) is 20.7. The number of aromatic nitrogens is 2. The molecular formula is C16H20N4O. The number of carbonyl (C=O) groups is 1. The van der Waals surface area contributed by atoms with E-state index >= 15 is 0 Å². The van der Waals surface area contributed by atoms with Gasteiger partial charge in [0, 0.05) is 18.4 Å². The third-order valence-electron chi connectivity index (χ3n) is 3.05. The molecule has 1 amide bonds. The molecule has 0 aliphatic heterocycles. The van der Waals surface area contributed by atoms with Crippen LogP contribution in [0.5, 0.6) is 0 Å². The summed E-state index contributed by atoms with van der Waals surface area (Å²) in [6, 6.07) is 5.80. The minimum absolute atomic E-state index is 0.114. The number of aryl methyl sites for hydroxylation is 2. The second kappa shape index (κ2) is 6.83. The fraction of sp³-hybridized carbons (Fsp3) is 0.312.